The summed E-state index contributed by atoms with van der Waals surface area (Å²) in [6.07, 6.45) is -0.383. The van der Waals surface area contributed by atoms with Gasteiger partial charge in [-0.25, -0.2) is 0 Å². The molecule has 0 aliphatic heterocycles. The number of aromatic nitrogens is 1. The van der Waals surface area contributed by atoms with Gasteiger partial charge in [0.1, 0.15) is 5.52 Å². The van der Waals surface area contributed by atoms with Gasteiger partial charge in [-0.2, -0.15) is 4.98 Å². The molecule has 0 saturated heterocycles. The van der Waals surface area contributed by atoms with Crippen molar-refractivity contribution in [2.45, 2.75) is 0 Å². The van der Waals surface area contributed by atoms with Crippen LogP contribution in [0.3, 0.4) is 0 Å². The molecular formula is C9H9NO4. The highest BCUT2D eigenvalue weighted by atomic mass is 16.5. The first-order valence-corrected chi connectivity index (χ1v) is 3.96. The summed E-state index contributed by atoms with van der Waals surface area (Å²) >= 11 is 0. The van der Waals surface area contributed by atoms with Crippen molar-refractivity contribution in [2.24, 2.45) is 0 Å². The van der Waals surface area contributed by atoms with Gasteiger partial charge >= 0.3 is 6.08 Å². The predicted molar refractivity (Wildman–Crippen MR) is 48.8 cm³/mol. The van der Waals surface area contributed by atoms with E-state index >= 15 is 0 Å². The molecule has 2 aromatic rings. The molecule has 0 atom stereocenters. The van der Waals surface area contributed by atoms with Gasteiger partial charge in [0.15, 0.2) is 5.75 Å². The highest BCUT2D eigenvalue weighted by Gasteiger charge is 2.14. The van der Waals surface area contributed by atoms with Gasteiger partial charge in [-0.15, -0.1) is 0 Å². The first-order chi connectivity index (χ1) is 6.76. The van der Waals surface area contributed by atoms with Gasteiger partial charge in [0.2, 0.25) is 11.3 Å². The number of nitrogens with zero attached hydrogens (tertiary/aromatic N) is 1. The number of benzene rings is 1. The van der Waals surface area contributed by atoms with Crippen molar-refractivity contribution in [3.8, 4) is 17.6 Å². The zero-order valence-electron chi connectivity index (χ0n) is 7.77. The topological polar surface area (TPSA) is 64.7 Å². The molecule has 0 spiro atoms. The van der Waals surface area contributed by atoms with E-state index in [4.69, 9.17) is 19.0 Å². The molecule has 1 N–H and O–H groups in total. The van der Waals surface area contributed by atoms with Gasteiger partial charge < -0.3 is 19.0 Å². The fourth-order valence-electron chi connectivity index (χ4n) is 1.29. The third kappa shape index (κ3) is 1.14. The molecule has 0 bridgehead atoms. The first kappa shape index (κ1) is 8.68. The third-order valence-electron chi connectivity index (χ3n) is 1.89. The Kier molecular flexibility index (Phi) is 1.92. The molecule has 1 aromatic carbocycles. The van der Waals surface area contributed by atoms with Crippen molar-refractivity contribution >= 4 is 11.1 Å². The fourth-order valence-corrected chi connectivity index (χ4v) is 1.29. The molecule has 14 heavy (non-hydrogen) atoms. The van der Waals surface area contributed by atoms with E-state index in [-0.39, 0.29) is 6.08 Å². The Morgan fingerprint density at radius 2 is 2.07 bits per heavy atom. The first-order valence-electron chi connectivity index (χ1n) is 3.96. The molecule has 1 heterocycles. The van der Waals surface area contributed by atoms with Gasteiger partial charge in [-0.05, 0) is 12.1 Å². The molecule has 74 valence electrons. The lowest BCUT2D eigenvalue weighted by atomic mass is 10.3. The largest absolute Gasteiger partial charge is 0.493 e. The Bertz CT molecular complexity index is 463. The van der Waals surface area contributed by atoms with E-state index in [2.05, 4.69) is 4.98 Å². The Morgan fingerprint density at radius 1 is 1.29 bits per heavy atom. The highest BCUT2D eigenvalue weighted by molar-refractivity contribution is 5.83. The molecule has 0 aliphatic rings. The Balaban J connectivity index is 2.75. The number of rotatable bonds is 2. The van der Waals surface area contributed by atoms with Gasteiger partial charge in [0.05, 0.1) is 14.2 Å². The van der Waals surface area contributed by atoms with Gasteiger partial charge in [0, 0.05) is 0 Å². The van der Waals surface area contributed by atoms with Crippen LogP contribution in [0.4, 0.5) is 0 Å². The maximum atomic E-state index is 9.07. The van der Waals surface area contributed by atoms with Crippen molar-refractivity contribution in [3.05, 3.63) is 12.1 Å². The molecular weight excluding hydrogens is 186 g/mol. The van der Waals surface area contributed by atoms with Crippen LogP contribution in [-0.4, -0.2) is 24.3 Å². The normalized spacial score (nSPS) is 10.4. The maximum absolute atomic E-state index is 9.07. The number of hydrogen-bond donors (Lipinski definition) is 1. The summed E-state index contributed by atoms with van der Waals surface area (Å²) in [6.45, 7) is 0. The Morgan fingerprint density at radius 3 is 2.71 bits per heavy atom. The minimum absolute atomic E-state index is 0.379. The van der Waals surface area contributed by atoms with Crippen LogP contribution < -0.4 is 9.47 Å². The molecule has 0 saturated carbocycles. The summed E-state index contributed by atoms with van der Waals surface area (Å²) in [4.78, 5) is 3.75. The number of methoxy groups -OCH3 is 2. The second-order valence-electron chi connectivity index (χ2n) is 2.65. The third-order valence-corrected chi connectivity index (χ3v) is 1.89. The quantitative estimate of drug-likeness (QED) is 0.787. The summed E-state index contributed by atoms with van der Waals surface area (Å²) in [5.41, 5.74) is 0.907. The Labute approximate surface area is 79.9 Å². The zero-order chi connectivity index (χ0) is 10.1. The van der Waals surface area contributed by atoms with E-state index in [0.717, 1.165) is 0 Å². The van der Waals surface area contributed by atoms with E-state index in [9.17, 15) is 0 Å². The summed E-state index contributed by atoms with van der Waals surface area (Å²) in [7, 11) is 3.02. The average Bonchev–Trinajstić information content (AvgIpc) is 2.56. The zero-order valence-corrected chi connectivity index (χ0v) is 7.77. The van der Waals surface area contributed by atoms with Crippen LogP contribution in [0.15, 0.2) is 16.5 Å². The minimum Gasteiger partial charge on any atom is -0.493 e. The molecule has 5 nitrogen and oxygen atoms in total. The van der Waals surface area contributed by atoms with Gasteiger partial charge in [-0.3, -0.25) is 0 Å². The smallest absolute Gasteiger partial charge is 0.392 e. The summed E-state index contributed by atoms with van der Waals surface area (Å²) in [5.74, 6) is 0.967. The number of ether oxygens (including phenoxy) is 2. The molecule has 1 aromatic heterocycles. The van der Waals surface area contributed by atoms with Crippen molar-refractivity contribution < 1.29 is 19.0 Å². The molecule has 0 radical (unpaired) electrons. The molecule has 2 rings (SSSR count). The standard InChI is InChI=1S/C9H9NO4/c1-12-6-4-3-5-7(8(6)13-2)14-9(11)10-5/h3-4H,1-2H3,(H,10,11). The lowest BCUT2D eigenvalue weighted by Crippen LogP contribution is -1.90. The van der Waals surface area contributed by atoms with E-state index in [1.54, 1.807) is 12.1 Å². The van der Waals surface area contributed by atoms with Crippen LogP contribution in [0.25, 0.3) is 11.1 Å². The van der Waals surface area contributed by atoms with Gasteiger partial charge in [-0.1, -0.05) is 0 Å². The highest BCUT2D eigenvalue weighted by Crippen LogP contribution is 2.36. The van der Waals surface area contributed by atoms with Crippen LogP contribution in [-0.2, 0) is 0 Å². The SMILES string of the molecule is COc1ccc2nc(O)oc2c1OC. The second-order valence-corrected chi connectivity index (χ2v) is 2.65. The number of aromatic hydroxyl groups is 1. The monoisotopic (exact) mass is 195 g/mol. The van der Waals surface area contributed by atoms with E-state index in [0.29, 0.717) is 22.6 Å². The van der Waals surface area contributed by atoms with Crippen LogP contribution in [0.2, 0.25) is 0 Å². The van der Waals surface area contributed by atoms with Crippen LogP contribution in [0, 0.1) is 0 Å². The summed E-state index contributed by atoms with van der Waals surface area (Å²) in [5, 5.41) is 9.07. The van der Waals surface area contributed by atoms with Crippen molar-refractivity contribution in [1.29, 1.82) is 0 Å². The summed E-state index contributed by atoms with van der Waals surface area (Å²) in [6, 6.07) is 3.38. The minimum atomic E-state index is -0.383. The number of hydrogen-bond acceptors (Lipinski definition) is 5. The molecule has 0 aliphatic carbocycles. The number of fused-ring (bicyclic) bond motifs is 1. The van der Waals surface area contributed by atoms with Crippen molar-refractivity contribution in [1.82, 2.24) is 4.98 Å². The van der Waals surface area contributed by atoms with Crippen molar-refractivity contribution in [2.75, 3.05) is 14.2 Å². The van der Waals surface area contributed by atoms with E-state index in [1.165, 1.54) is 14.2 Å². The Hall–Kier alpha value is -1.91. The second kappa shape index (κ2) is 3.10. The van der Waals surface area contributed by atoms with Crippen LogP contribution in [0.1, 0.15) is 0 Å². The fraction of sp³-hybridized carbons (Fsp3) is 0.222. The van der Waals surface area contributed by atoms with E-state index in [1.807, 2.05) is 0 Å². The lowest BCUT2D eigenvalue weighted by molar-refractivity contribution is 0.317. The van der Waals surface area contributed by atoms with Crippen LogP contribution in [0.5, 0.6) is 17.6 Å². The van der Waals surface area contributed by atoms with Crippen molar-refractivity contribution in [3.63, 3.8) is 0 Å². The van der Waals surface area contributed by atoms with E-state index < -0.39 is 0 Å². The van der Waals surface area contributed by atoms with Crippen LogP contribution >= 0.6 is 0 Å². The lowest BCUT2D eigenvalue weighted by Gasteiger charge is -2.05. The molecule has 0 unspecified atom stereocenters. The average molecular weight is 195 g/mol. The molecule has 0 fully saturated rings. The summed E-state index contributed by atoms with van der Waals surface area (Å²) < 4.78 is 15.1. The van der Waals surface area contributed by atoms with Gasteiger partial charge in [0.25, 0.3) is 0 Å². The molecule has 5 heteroatoms. The number of oxazole rings is 1. The predicted octanol–water partition coefficient (Wildman–Crippen LogP) is 1.55. The maximum Gasteiger partial charge on any atom is 0.392 e. The molecule has 0 amide bonds.